The van der Waals surface area contributed by atoms with Crippen LogP contribution in [0, 0.1) is 5.92 Å². The molecule has 1 amide bonds. The molecule has 1 aliphatic rings. The van der Waals surface area contributed by atoms with Crippen LogP contribution in [0.1, 0.15) is 31.6 Å². The lowest BCUT2D eigenvalue weighted by Gasteiger charge is -2.15. The standard InChI is InChI=1S/C18H19ClN2O4/c19-13-4-2-1-3-12(13)15-10-20-17(25-15)8-7-16(22)21-14(9-18(23)24)11-5-6-11/h1-4,10-11,14H,5-9H2,(H,21,22)(H,23,24). The van der Waals surface area contributed by atoms with E-state index >= 15 is 0 Å². The van der Waals surface area contributed by atoms with Crippen LogP contribution in [0.3, 0.4) is 0 Å². The molecule has 6 nitrogen and oxygen atoms in total. The van der Waals surface area contributed by atoms with E-state index in [4.69, 9.17) is 21.1 Å². The Bertz CT molecular complexity index is 770. The number of benzene rings is 1. The molecular weight excluding hydrogens is 344 g/mol. The van der Waals surface area contributed by atoms with Crippen molar-refractivity contribution in [1.82, 2.24) is 10.3 Å². The number of carbonyl (C=O) groups excluding carboxylic acids is 1. The number of amides is 1. The van der Waals surface area contributed by atoms with Crippen LogP contribution < -0.4 is 5.32 Å². The lowest BCUT2D eigenvalue weighted by atomic mass is 10.1. The predicted octanol–water partition coefficient (Wildman–Crippen LogP) is 3.30. The van der Waals surface area contributed by atoms with Gasteiger partial charge >= 0.3 is 5.97 Å². The number of carboxylic acid groups (broad SMARTS) is 1. The molecule has 1 atom stereocenters. The highest BCUT2D eigenvalue weighted by atomic mass is 35.5. The van der Waals surface area contributed by atoms with Crippen LogP contribution in [-0.4, -0.2) is 28.0 Å². The fourth-order valence-corrected chi connectivity index (χ4v) is 2.96. The lowest BCUT2D eigenvalue weighted by molar-refractivity contribution is -0.137. The van der Waals surface area contributed by atoms with Gasteiger partial charge in [-0.25, -0.2) is 4.98 Å². The number of nitrogens with zero attached hydrogens (tertiary/aromatic N) is 1. The number of rotatable bonds is 8. The topological polar surface area (TPSA) is 92.4 Å². The number of oxazole rings is 1. The highest BCUT2D eigenvalue weighted by Gasteiger charge is 2.33. The van der Waals surface area contributed by atoms with Crippen molar-refractivity contribution in [2.45, 2.75) is 38.1 Å². The van der Waals surface area contributed by atoms with Crippen molar-refractivity contribution in [1.29, 1.82) is 0 Å². The van der Waals surface area contributed by atoms with Gasteiger partial charge in [-0.1, -0.05) is 23.7 Å². The van der Waals surface area contributed by atoms with Crippen LogP contribution in [0.2, 0.25) is 5.02 Å². The summed E-state index contributed by atoms with van der Waals surface area (Å²) in [7, 11) is 0. The third kappa shape index (κ3) is 4.82. The zero-order valence-corrected chi connectivity index (χ0v) is 14.3. The average molecular weight is 363 g/mol. The van der Waals surface area contributed by atoms with Gasteiger partial charge in [0.05, 0.1) is 17.6 Å². The molecule has 7 heteroatoms. The minimum atomic E-state index is -0.894. The monoisotopic (exact) mass is 362 g/mol. The van der Waals surface area contributed by atoms with Crippen LogP contribution in [-0.2, 0) is 16.0 Å². The summed E-state index contributed by atoms with van der Waals surface area (Å²) in [5.74, 6) is 0.215. The third-order valence-corrected chi connectivity index (χ3v) is 4.52. The lowest BCUT2D eigenvalue weighted by Crippen LogP contribution is -2.38. The molecule has 1 saturated carbocycles. The summed E-state index contributed by atoms with van der Waals surface area (Å²) >= 11 is 6.13. The number of carbonyl (C=O) groups is 2. The van der Waals surface area contributed by atoms with Crippen LogP contribution >= 0.6 is 11.6 Å². The van der Waals surface area contributed by atoms with Gasteiger partial charge in [0.25, 0.3) is 0 Å². The Hall–Kier alpha value is -2.34. The molecule has 0 bridgehead atoms. The molecular formula is C18H19ClN2O4. The van der Waals surface area contributed by atoms with E-state index in [-0.39, 0.29) is 30.7 Å². The van der Waals surface area contributed by atoms with E-state index in [1.165, 1.54) is 0 Å². The minimum Gasteiger partial charge on any atom is -0.481 e. The van der Waals surface area contributed by atoms with E-state index in [0.717, 1.165) is 18.4 Å². The van der Waals surface area contributed by atoms with Gasteiger partial charge in [0.15, 0.2) is 11.7 Å². The van der Waals surface area contributed by atoms with Crippen molar-refractivity contribution in [2.75, 3.05) is 0 Å². The molecule has 1 aromatic heterocycles. The number of halogens is 1. The van der Waals surface area contributed by atoms with Crippen LogP contribution in [0.4, 0.5) is 0 Å². The average Bonchev–Trinajstić information content (AvgIpc) is 3.31. The van der Waals surface area contributed by atoms with Gasteiger partial charge in [-0.05, 0) is 30.9 Å². The van der Waals surface area contributed by atoms with Crippen molar-refractivity contribution in [3.63, 3.8) is 0 Å². The highest BCUT2D eigenvalue weighted by Crippen LogP contribution is 2.34. The Kier molecular flexibility index (Phi) is 5.38. The summed E-state index contributed by atoms with van der Waals surface area (Å²) in [4.78, 5) is 27.1. The number of carboxylic acids is 1. The number of aromatic nitrogens is 1. The number of aliphatic carboxylic acids is 1. The first-order valence-corrected chi connectivity index (χ1v) is 8.61. The van der Waals surface area contributed by atoms with E-state index < -0.39 is 5.97 Å². The molecule has 0 saturated heterocycles. The molecule has 1 fully saturated rings. The smallest absolute Gasteiger partial charge is 0.305 e. The molecule has 3 rings (SSSR count). The van der Waals surface area contributed by atoms with Crippen molar-refractivity contribution in [2.24, 2.45) is 5.92 Å². The van der Waals surface area contributed by atoms with E-state index in [9.17, 15) is 9.59 Å². The zero-order chi connectivity index (χ0) is 17.8. The summed E-state index contributed by atoms with van der Waals surface area (Å²) in [6.45, 7) is 0. The summed E-state index contributed by atoms with van der Waals surface area (Å²) in [6, 6.07) is 7.02. The fraction of sp³-hybridized carbons (Fsp3) is 0.389. The highest BCUT2D eigenvalue weighted by molar-refractivity contribution is 6.33. The number of hydrogen-bond donors (Lipinski definition) is 2. The summed E-state index contributed by atoms with van der Waals surface area (Å²) in [5, 5.41) is 12.3. The summed E-state index contributed by atoms with van der Waals surface area (Å²) < 4.78 is 5.66. The van der Waals surface area contributed by atoms with E-state index in [2.05, 4.69) is 10.3 Å². The summed E-state index contributed by atoms with van der Waals surface area (Å²) in [6.07, 6.45) is 4.04. The molecule has 1 heterocycles. The van der Waals surface area contributed by atoms with Crippen LogP contribution in [0.5, 0.6) is 0 Å². The Morgan fingerprint density at radius 1 is 1.36 bits per heavy atom. The third-order valence-electron chi connectivity index (χ3n) is 4.19. The molecule has 0 radical (unpaired) electrons. The summed E-state index contributed by atoms with van der Waals surface area (Å²) in [5.41, 5.74) is 0.752. The molecule has 1 aliphatic carbocycles. The van der Waals surface area contributed by atoms with Crippen molar-refractivity contribution >= 4 is 23.5 Å². The van der Waals surface area contributed by atoms with E-state index in [1.54, 1.807) is 12.3 Å². The number of hydrogen-bond acceptors (Lipinski definition) is 4. The van der Waals surface area contributed by atoms with Crippen molar-refractivity contribution in [3.8, 4) is 11.3 Å². The maximum absolute atomic E-state index is 12.1. The molecule has 0 spiro atoms. The van der Waals surface area contributed by atoms with Gasteiger partial charge in [0.1, 0.15) is 0 Å². The molecule has 132 valence electrons. The SMILES string of the molecule is O=C(O)CC(NC(=O)CCc1ncc(-c2ccccc2Cl)o1)C1CC1. The van der Waals surface area contributed by atoms with Gasteiger partial charge in [0, 0.05) is 24.4 Å². The van der Waals surface area contributed by atoms with Gasteiger partial charge in [-0.3, -0.25) is 9.59 Å². The first kappa shape index (κ1) is 17.5. The fourth-order valence-electron chi connectivity index (χ4n) is 2.73. The quantitative estimate of drug-likeness (QED) is 0.751. The number of aryl methyl sites for hydroxylation is 1. The molecule has 2 aromatic rings. The largest absolute Gasteiger partial charge is 0.481 e. The molecule has 25 heavy (non-hydrogen) atoms. The second kappa shape index (κ2) is 7.70. The first-order chi connectivity index (χ1) is 12.0. The molecule has 2 N–H and O–H groups in total. The maximum Gasteiger partial charge on any atom is 0.305 e. The van der Waals surface area contributed by atoms with Gasteiger partial charge in [-0.15, -0.1) is 0 Å². The van der Waals surface area contributed by atoms with E-state index in [0.29, 0.717) is 23.1 Å². The van der Waals surface area contributed by atoms with Crippen molar-refractivity contribution in [3.05, 3.63) is 41.4 Å². The first-order valence-electron chi connectivity index (χ1n) is 8.23. The minimum absolute atomic E-state index is 0.0357. The second-order valence-electron chi connectivity index (χ2n) is 6.21. The zero-order valence-electron chi connectivity index (χ0n) is 13.6. The molecule has 0 aliphatic heterocycles. The van der Waals surface area contributed by atoms with Gasteiger partial charge in [0.2, 0.25) is 5.91 Å². The van der Waals surface area contributed by atoms with Gasteiger partial charge in [-0.2, -0.15) is 0 Å². The van der Waals surface area contributed by atoms with E-state index in [1.807, 2.05) is 18.2 Å². The molecule has 1 unspecified atom stereocenters. The van der Waals surface area contributed by atoms with Gasteiger partial charge < -0.3 is 14.8 Å². The maximum atomic E-state index is 12.1. The van der Waals surface area contributed by atoms with Crippen molar-refractivity contribution < 1.29 is 19.1 Å². The Morgan fingerprint density at radius 2 is 2.12 bits per heavy atom. The molecule has 1 aromatic carbocycles. The second-order valence-corrected chi connectivity index (χ2v) is 6.61. The predicted molar refractivity (Wildman–Crippen MR) is 92.2 cm³/mol. The van der Waals surface area contributed by atoms with Crippen LogP contribution in [0.15, 0.2) is 34.9 Å². The normalized spacial score (nSPS) is 14.9. The number of nitrogens with one attached hydrogen (secondary N) is 1. The Balaban J connectivity index is 1.54. The Labute approximate surface area is 150 Å². The Morgan fingerprint density at radius 3 is 2.80 bits per heavy atom. The van der Waals surface area contributed by atoms with Crippen LogP contribution in [0.25, 0.3) is 11.3 Å².